The maximum Gasteiger partial charge on any atom is 0.433 e. The molecular weight excluding hydrogens is 257 g/mol. The lowest BCUT2D eigenvalue weighted by molar-refractivity contribution is -0.141. The number of nitrogen functional groups attached to an aromatic ring is 1. The fourth-order valence-corrected chi connectivity index (χ4v) is 1.59. The normalized spacial score (nSPS) is 12.1. The van der Waals surface area contributed by atoms with E-state index in [1.54, 1.807) is 12.3 Å². The summed E-state index contributed by atoms with van der Waals surface area (Å²) < 4.78 is 39.2. The van der Waals surface area contributed by atoms with Gasteiger partial charge in [-0.3, -0.25) is 0 Å². The SMILES string of the molecule is CC(C)c1ccn(-c2cc(C(F)(F)F)ncc2N)n1. The van der Waals surface area contributed by atoms with Gasteiger partial charge in [0.15, 0.2) is 0 Å². The number of anilines is 1. The number of pyridine rings is 1. The maximum absolute atomic E-state index is 12.6. The quantitative estimate of drug-likeness (QED) is 0.912. The van der Waals surface area contributed by atoms with Gasteiger partial charge in [-0.1, -0.05) is 13.8 Å². The third-order valence-electron chi connectivity index (χ3n) is 2.65. The second-order valence-electron chi connectivity index (χ2n) is 4.47. The third kappa shape index (κ3) is 2.69. The van der Waals surface area contributed by atoms with Gasteiger partial charge in [-0.15, -0.1) is 0 Å². The van der Waals surface area contributed by atoms with E-state index in [2.05, 4.69) is 10.1 Å². The number of alkyl halides is 3. The van der Waals surface area contributed by atoms with Crippen molar-refractivity contribution < 1.29 is 13.2 Å². The molecule has 2 N–H and O–H groups in total. The zero-order chi connectivity index (χ0) is 14.2. The molecule has 19 heavy (non-hydrogen) atoms. The molecular formula is C12H13F3N4. The molecule has 0 aliphatic carbocycles. The Balaban J connectivity index is 2.48. The molecule has 0 saturated carbocycles. The summed E-state index contributed by atoms with van der Waals surface area (Å²) >= 11 is 0. The van der Waals surface area contributed by atoms with E-state index in [-0.39, 0.29) is 17.3 Å². The van der Waals surface area contributed by atoms with Gasteiger partial charge < -0.3 is 5.73 Å². The van der Waals surface area contributed by atoms with Crippen LogP contribution >= 0.6 is 0 Å². The molecule has 2 aromatic rings. The Morgan fingerprint density at radius 1 is 1.32 bits per heavy atom. The minimum Gasteiger partial charge on any atom is -0.396 e. The minimum atomic E-state index is -4.50. The van der Waals surface area contributed by atoms with Crippen LogP contribution in [0.1, 0.15) is 31.2 Å². The highest BCUT2D eigenvalue weighted by Crippen LogP contribution is 2.30. The molecule has 7 heteroatoms. The van der Waals surface area contributed by atoms with Gasteiger partial charge in [0, 0.05) is 6.20 Å². The minimum absolute atomic E-state index is 0.145. The topological polar surface area (TPSA) is 56.7 Å². The largest absolute Gasteiger partial charge is 0.433 e. The number of aromatic nitrogens is 3. The second kappa shape index (κ2) is 4.56. The van der Waals surface area contributed by atoms with Crippen LogP contribution in [0.15, 0.2) is 24.5 Å². The Bertz CT molecular complexity index is 587. The van der Waals surface area contributed by atoms with Gasteiger partial charge in [-0.25, -0.2) is 9.67 Å². The van der Waals surface area contributed by atoms with Crippen molar-refractivity contribution in [1.82, 2.24) is 14.8 Å². The van der Waals surface area contributed by atoms with Gasteiger partial charge in [0.25, 0.3) is 0 Å². The number of halogens is 3. The molecule has 0 saturated heterocycles. The van der Waals surface area contributed by atoms with Crippen LogP contribution in [0, 0.1) is 0 Å². The van der Waals surface area contributed by atoms with E-state index in [1.807, 2.05) is 13.8 Å². The van der Waals surface area contributed by atoms with Gasteiger partial charge >= 0.3 is 6.18 Å². The van der Waals surface area contributed by atoms with Crippen LogP contribution < -0.4 is 5.73 Å². The molecule has 0 fully saturated rings. The van der Waals surface area contributed by atoms with Crippen molar-refractivity contribution in [3.05, 3.63) is 35.9 Å². The lowest BCUT2D eigenvalue weighted by Gasteiger charge is -2.10. The average molecular weight is 270 g/mol. The summed E-state index contributed by atoms with van der Waals surface area (Å²) in [6, 6.07) is 2.64. The van der Waals surface area contributed by atoms with Gasteiger partial charge in [-0.05, 0) is 18.1 Å². The van der Waals surface area contributed by atoms with Gasteiger partial charge in [-0.2, -0.15) is 18.3 Å². The number of hydrogen-bond acceptors (Lipinski definition) is 3. The first kappa shape index (κ1) is 13.4. The molecule has 2 rings (SSSR count). The Kier molecular flexibility index (Phi) is 3.21. The first-order valence-corrected chi connectivity index (χ1v) is 5.67. The summed E-state index contributed by atoms with van der Waals surface area (Å²) in [5.74, 6) is 0.186. The lowest BCUT2D eigenvalue weighted by atomic mass is 10.1. The van der Waals surface area contributed by atoms with Crippen molar-refractivity contribution >= 4 is 5.69 Å². The monoisotopic (exact) mass is 270 g/mol. The van der Waals surface area contributed by atoms with Crippen LogP contribution in [0.3, 0.4) is 0 Å². The summed E-state index contributed by atoms with van der Waals surface area (Å²) in [5, 5.41) is 4.21. The van der Waals surface area contributed by atoms with Crippen LogP contribution in [0.25, 0.3) is 5.69 Å². The number of nitrogens with two attached hydrogens (primary N) is 1. The summed E-state index contributed by atoms with van der Waals surface area (Å²) in [5.41, 5.74) is 5.77. The van der Waals surface area contributed by atoms with Crippen LogP contribution in [0.2, 0.25) is 0 Å². The highest BCUT2D eigenvalue weighted by atomic mass is 19.4. The first-order chi connectivity index (χ1) is 8.79. The van der Waals surface area contributed by atoms with E-state index < -0.39 is 11.9 Å². The fraction of sp³-hybridized carbons (Fsp3) is 0.333. The Labute approximate surface area is 108 Å². The summed E-state index contributed by atoms with van der Waals surface area (Å²) in [7, 11) is 0. The fourth-order valence-electron chi connectivity index (χ4n) is 1.59. The third-order valence-corrected chi connectivity index (χ3v) is 2.65. The molecule has 0 unspecified atom stereocenters. The van der Waals surface area contributed by atoms with Crippen molar-refractivity contribution in [3.8, 4) is 5.69 Å². The van der Waals surface area contributed by atoms with E-state index >= 15 is 0 Å². The summed E-state index contributed by atoms with van der Waals surface area (Å²) in [4.78, 5) is 3.29. The molecule has 0 spiro atoms. The molecule has 2 aromatic heterocycles. The van der Waals surface area contributed by atoms with E-state index in [1.165, 1.54) is 4.68 Å². The zero-order valence-electron chi connectivity index (χ0n) is 10.4. The molecule has 0 radical (unpaired) electrons. The standard InChI is InChI=1S/C12H13F3N4/c1-7(2)9-3-4-19(18-9)10-5-11(12(13,14)15)17-6-8(10)16/h3-7H,16H2,1-2H3. The zero-order valence-corrected chi connectivity index (χ0v) is 10.4. The molecule has 0 amide bonds. The molecule has 102 valence electrons. The van der Waals surface area contributed by atoms with Gasteiger partial charge in [0.05, 0.1) is 23.3 Å². The predicted molar refractivity (Wildman–Crippen MR) is 64.9 cm³/mol. The molecule has 0 atom stereocenters. The first-order valence-electron chi connectivity index (χ1n) is 5.67. The Hall–Kier alpha value is -2.05. The van der Waals surface area contributed by atoms with E-state index in [4.69, 9.17) is 5.73 Å². The van der Waals surface area contributed by atoms with E-state index in [0.29, 0.717) is 0 Å². The van der Waals surface area contributed by atoms with Crippen molar-refractivity contribution in [2.24, 2.45) is 0 Å². The van der Waals surface area contributed by atoms with Crippen molar-refractivity contribution in [3.63, 3.8) is 0 Å². The molecule has 0 aromatic carbocycles. The van der Waals surface area contributed by atoms with Crippen molar-refractivity contribution in [2.75, 3.05) is 5.73 Å². The van der Waals surface area contributed by atoms with Crippen LogP contribution in [-0.2, 0) is 6.18 Å². The molecule has 2 heterocycles. The van der Waals surface area contributed by atoms with Gasteiger partial charge in [0.2, 0.25) is 0 Å². The van der Waals surface area contributed by atoms with E-state index in [0.717, 1.165) is 18.0 Å². The predicted octanol–water partition coefficient (Wildman–Crippen LogP) is 2.99. The van der Waals surface area contributed by atoms with Crippen molar-refractivity contribution in [1.29, 1.82) is 0 Å². The second-order valence-corrected chi connectivity index (χ2v) is 4.47. The van der Waals surface area contributed by atoms with Gasteiger partial charge in [0.1, 0.15) is 5.69 Å². The Morgan fingerprint density at radius 2 is 2.00 bits per heavy atom. The summed E-state index contributed by atoms with van der Waals surface area (Å²) in [6.07, 6.45) is -1.92. The van der Waals surface area contributed by atoms with Crippen LogP contribution in [0.5, 0.6) is 0 Å². The average Bonchev–Trinajstić information content (AvgIpc) is 2.77. The highest BCUT2D eigenvalue weighted by Gasteiger charge is 2.33. The summed E-state index contributed by atoms with van der Waals surface area (Å²) in [6.45, 7) is 3.90. The number of hydrogen-bond donors (Lipinski definition) is 1. The molecule has 4 nitrogen and oxygen atoms in total. The number of rotatable bonds is 2. The van der Waals surface area contributed by atoms with E-state index in [9.17, 15) is 13.2 Å². The molecule has 0 bridgehead atoms. The molecule has 0 aliphatic heterocycles. The highest BCUT2D eigenvalue weighted by molar-refractivity contribution is 5.56. The lowest BCUT2D eigenvalue weighted by Crippen LogP contribution is -2.11. The van der Waals surface area contributed by atoms with Crippen LogP contribution in [0.4, 0.5) is 18.9 Å². The van der Waals surface area contributed by atoms with Crippen molar-refractivity contribution in [2.45, 2.75) is 25.9 Å². The maximum atomic E-state index is 12.6. The molecule has 0 aliphatic rings. The van der Waals surface area contributed by atoms with Crippen LogP contribution in [-0.4, -0.2) is 14.8 Å². The Morgan fingerprint density at radius 3 is 2.53 bits per heavy atom. The number of nitrogens with zero attached hydrogens (tertiary/aromatic N) is 3. The smallest absolute Gasteiger partial charge is 0.396 e.